The molecule has 3 rings (SSSR count). The number of carbonyl (C=O) groups is 2. The van der Waals surface area contributed by atoms with Crippen LogP contribution < -0.4 is 5.56 Å². The molecule has 1 aromatic heterocycles. The zero-order valence-electron chi connectivity index (χ0n) is 12.0. The number of carboxylic acid groups (broad SMARTS) is 1. The zero-order chi connectivity index (χ0) is 15.9. The third kappa shape index (κ3) is 2.82. The Labute approximate surface area is 135 Å². The lowest BCUT2D eigenvalue weighted by Gasteiger charge is -2.32. The Bertz CT molecular complexity index is 676. The summed E-state index contributed by atoms with van der Waals surface area (Å²) in [5, 5.41) is 9.07. The van der Waals surface area contributed by atoms with Gasteiger partial charge in [0, 0.05) is 29.8 Å². The highest BCUT2D eigenvalue weighted by Gasteiger charge is 2.59. The van der Waals surface area contributed by atoms with E-state index >= 15 is 0 Å². The maximum Gasteiger partial charge on any atom is 0.307 e. The average Bonchev–Trinajstić information content (AvgIpc) is 3.18. The summed E-state index contributed by atoms with van der Waals surface area (Å²) in [6, 6.07) is 3.07. The molecule has 22 heavy (non-hydrogen) atoms. The second kappa shape index (κ2) is 5.53. The normalized spacial score (nSPS) is 22.6. The number of aliphatic carboxylic acids is 1. The topological polar surface area (TPSA) is 79.6 Å². The molecule has 118 valence electrons. The molecule has 1 aromatic rings. The number of amides is 1. The van der Waals surface area contributed by atoms with Crippen LogP contribution in [0.2, 0.25) is 0 Å². The molecule has 1 saturated heterocycles. The van der Waals surface area contributed by atoms with Crippen molar-refractivity contribution in [2.75, 3.05) is 13.1 Å². The van der Waals surface area contributed by atoms with E-state index in [9.17, 15) is 14.4 Å². The maximum absolute atomic E-state index is 12.3. The van der Waals surface area contributed by atoms with Gasteiger partial charge in [0.05, 0.1) is 5.92 Å². The predicted octanol–water partition coefficient (Wildman–Crippen LogP) is 1.32. The van der Waals surface area contributed by atoms with E-state index in [2.05, 4.69) is 15.9 Å². The number of hydrogen-bond donors (Lipinski definition) is 1. The van der Waals surface area contributed by atoms with Crippen molar-refractivity contribution in [1.82, 2.24) is 9.47 Å². The van der Waals surface area contributed by atoms with Gasteiger partial charge in [0.2, 0.25) is 5.91 Å². The molecule has 0 radical (unpaired) electrons. The fourth-order valence-corrected chi connectivity index (χ4v) is 3.70. The molecule has 1 aliphatic heterocycles. The van der Waals surface area contributed by atoms with Crippen molar-refractivity contribution in [2.24, 2.45) is 11.3 Å². The van der Waals surface area contributed by atoms with Crippen molar-refractivity contribution in [3.8, 4) is 0 Å². The van der Waals surface area contributed by atoms with Gasteiger partial charge >= 0.3 is 5.97 Å². The molecule has 2 aliphatic rings. The van der Waals surface area contributed by atoms with E-state index in [-0.39, 0.29) is 29.3 Å². The van der Waals surface area contributed by atoms with Crippen molar-refractivity contribution < 1.29 is 14.7 Å². The maximum atomic E-state index is 12.3. The van der Waals surface area contributed by atoms with Gasteiger partial charge in [0.25, 0.3) is 5.56 Å². The number of carboxylic acids is 1. The fraction of sp³-hybridized carbons (Fsp3) is 0.533. The number of nitrogens with zero attached hydrogens (tertiary/aromatic N) is 2. The van der Waals surface area contributed by atoms with Crippen LogP contribution in [0.3, 0.4) is 0 Å². The second-order valence-electron chi connectivity index (χ2n) is 6.15. The third-order valence-electron chi connectivity index (χ3n) is 4.85. The second-order valence-corrected chi connectivity index (χ2v) is 7.07. The molecule has 1 amide bonds. The van der Waals surface area contributed by atoms with Crippen LogP contribution in [0.15, 0.2) is 27.6 Å². The van der Waals surface area contributed by atoms with Crippen LogP contribution >= 0.6 is 15.9 Å². The standard InChI is InChI=1S/C15H17BrN2O4/c16-10-1-2-12(19)18(8-10)9-13(20)17-5-3-15(4-6-17)7-11(15)14(21)22/h1-2,8,11H,3-7,9H2,(H,21,22). The molecule has 1 N–H and O–H groups in total. The Kier molecular flexibility index (Phi) is 3.84. The monoisotopic (exact) mass is 368 g/mol. The summed E-state index contributed by atoms with van der Waals surface area (Å²) >= 11 is 3.29. The lowest BCUT2D eigenvalue weighted by Crippen LogP contribution is -2.42. The summed E-state index contributed by atoms with van der Waals surface area (Å²) in [4.78, 5) is 36.8. The molecule has 7 heteroatoms. The summed E-state index contributed by atoms with van der Waals surface area (Å²) in [5.41, 5.74) is -0.298. The first kappa shape index (κ1) is 15.3. The van der Waals surface area contributed by atoms with Gasteiger partial charge in [0.15, 0.2) is 0 Å². The largest absolute Gasteiger partial charge is 0.481 e. The van der Waals surface area contributed by atoms with Crippen molar-refractivity contribution in [1.29, 1.82) is 0 Å². The zero-order valence-corrected chi connectivity index (χ0v) is 13.6. The van der Waals surface area contributed by atoms with Crippen molar-refractivity contribution in [3.05, 3.63) is 33.2 Å². The molecule has 1 aliphatic carbocycles. The van der Waals surface area contributed by atoms with Gasteiger partial charge in [-0.15, -0.1) is 0 Å². The smallest absolute Gasteiger partial charge is 0.307 e. The van der Waals surface area contributed by atoms with E-state index in [0.717, 1.165) is 23.7 Å². The van der Waals surface area contributed by atoms with E-state index in [1.165, 1.54) is 10.6 Å². The first-order chi connectivity index (χ1) is 10.4. The van der Waals surface area contributed by atoms with Gasteiger partial charge in [-0.1, -0.05) is 0 Å². The molecule has 1 spiro atoms. The van der Waals surface area contributed by atoms with Crippen molar-refractivity contribution in [2.45, 2.75) is 25.8 Å². The first-order valence-corrected chi connectivity index (χ1v) is 8.07. The Balaban J connectivity index is 1.60. The summed E-state index contributed by atoms with van der Waals surface area (Å²) in [6.07, 6.45) is 3.81. The van der Waals surface area contributed by atoms with E-state index in [1.807, 2.05) is 0 Å². The summed E-state index contributed by atoms with van der Waals surface area (Å²) < 4.78 is 2.13. The molecule has 2 heterocycles. The van der Waals surface area contributed by atoms with Gasteiger partial charge in [-0.3, -0.25) is 14.4 Å². The molecule has 1 unspecified atom stereocenters. The number of aromatic nitrogens is 1. The van der Waals surface area contributed by atoms with Crippen molar-refractivity contribution in [3.63, 3.8) is 0 Å². The SMILES string of the molecule is O=C(O)C1CC12CCN(C(=O)Cn1cc(Br)ccc1=O)CC2. The van der Waals surface area contributed by atoms with Gasteiger partial charge in [-0.05, 0) is 46.7 Å². The molecular formula is C15H17BrN2O4. The summed E-state index contributed by atoms with van der Waals surface area (Å²) in [7, 11) is 0. The van der Waals surface area contributed by atoms with Crippen molar-refractivity contribution >= 4 is 27.8 Å². The lowest BCUT2D eigenvalue weighted by atomic mass is 9.91. The van der Waals surface area contributed by atoms with E-state index in [4.69, 9.17) is 5.11 Å². The molecule has 0 aromatic carbocycles. The Morgan fingerprint density at radius 1 is 1.32 bits per heavy atom. The molecule has 0 bridgehead atoms. The number of piperidine rings is 1. The summed E-state index contributed by atoms with van der Waals surface area (Å²) in [5.74, 6) is -1.06. The predicted molar refractivity (Wildman–Crippen MR) is 82.4 cm³/mol. The minimum Gasteiger partial charge on any atom is -0.481 e. The minimum atomic E-state index is -0.722. The Hall–Kier alpha value is -1.63. The first-order valence-electron chi connectivity index (χ1n) is 7.28. The number of halogens is 1. The Morgan fingerprint density at radius 2 is 2.00 bits per heavy atom. The van der Waals surface area contributed by atoms with Crippen LogP contribution in [0, 0.1) is 11.3 Å². The van der Waals surface area contributed by atoms with Crippen LogP contribution in [0.25, 0.3) is 0 Å². The highest BCUT2D eigenvalue weighted by Crippen LogP contribution is 2.59. The number of carbonyl (C=O) groups excluding carboxylic acids is 1. The highest BCUT2D eigenvalue weighted by molar-refractivity contribution is 9.10. The van der Waals surface area contributed by atoms with Gasteiger partial charge in [-0.25, -0.2) is 0 Å². The van der Waals surface area contributed by atoms with Gasteiger partial charge in [-0.2, -0.15) is 0 Å². The van der Waals surface area contributed by atoms with E-state index in [0.29, 0.717) is 13.1 Å². The molecular weight excluding hydrogens is 352 g/mol. The van der Waals surface area contributed by atoms with Crippen LogP contribution in [-0.2, 0) is 16.1 Å². The highest BCUT2D eigenvalue weighted by atomic mass is 79.9. The van der Waals surface area contributed by atoms with Crippen LogP contribution in [0.1, 0.15) is 19.3 Å². The van der Waals surface area contributed by atoms with E-state index in [1.54, 1.807) is 17.2 Å². The van der Waals surface area contributed by atoms with Gasteiger partial charge in [0.1, 0.15) is 6.54 Å². The van der Waals surface area contributed by atoms with E-state index < -0.39 is 5.97 Å². The number of pyridine rings is 1. The fourth-order valence-electron chi connectivity index (χ4n) is 3.32. The van der Waals surface area contributed by atoms with Crippen LogP contribution in [-0.4, -0.2) is 39.5 Å². The quantitative estimate of drug-likeness (QED) is 0.872. The molecule has 1 saturated carbocycles. The number of likely N-dealkylation sites (tertiary alicyclic amines) is 1. The Morgan fingerprint density at radius 3 is 2.59 bits per heavy atom. The van der Waals surface area contributed by atoms with Crippen LogP contribution in [0.4, 0.5) is 0 Å². The molecule has 1 atom stereocenters. The third-order valence-corrected chi connectivity index (χ3v) is 5.32. The summed E-state index contributed by atoms with van der Waals surface area (Å²) in [6.45, 7) is 1.17. The number of hydrogen-bond acceptors (Lipinski definition) is 3. The minimum absolute atomic E-state index is 0.0215. The molecule has 2 fully saturated rings. The number of rotatable bonds is 3. The lowest BCUT2D eigenvalue weighted by molar-refractivity contribution is -0.140. The average molecular weight is 369 g/mol. The van der Waals surface area contributed by atoms with Gasteiger partial charge < -0.3 is 14.6 Å². The van der Waals surface area contributed by atoms with Crippen LogP contribution in [0.5, 0.6) is 0 Å². The molecule has 6 nitrogen and oxygen atoms in total.